The first kappa shape index (κ1) is 22.6. The number of nitrogens with zero attached hydrogens (tertiary/aromatic N) is 4. The van der Waals surface area contributed by atoms with Gasteiger partial charge in [0.25, 0.3) is 11.7 Å². The zero-order valence-electron chi connectivity index (χ0n) is 17.6. The molecular formula is C24H21F2N5OS. The number of rotatable bonds is 6. The number of para-hydroxylation sites is 1. The number of halogens is 2. The lowest BCUT2D eigenvalue weighted by Crippen LogP contribution is -2.49. The third-order valence-electron chi connectivity index (χ3n) is 5.29. The minimum absolute atomic E-state index is 0.0934. The molecule has 9 heteroatoms. The average Bonchev–Trinajstić information content (AvgIpc) is 2.85. The molecule has 0 aliphatic carbocycles. The molecule has 1 aliphatic heterocycles. The van der Waals surface area contributed by atoms with Crippen LogP contribution in [-0.2, 0) is 0 Å². The fourth-order valence-corrected chi connectivity index (χ4v) is 4.18. The van der Waals surface area contributed by atoms with Crippen molar-refractivity contribution in [1.82, 2.24) is 9.88 Å². The molecule has 2 heterocycles. The standard InChI is InChI=1S/C24H21F2N5OS/c25-24(26)33-19-9-7-18(8-10-19)29-21-6-2-1-5-20(21)23(32)31-14-12-30(13-15-31)22-17(16-27)4-3-11-28-22/h1-11,24,29H,12-15H2. The van der Waals surface area contributed by atoms with E-state index in [1.165, 1.54) is 0 Å². The molecule has 1 aromatic heterocycles. The maximum atomic E-state index is 13.3. The molecule has 0 bridgehead atoms. The van der Waals surface area contributed by atoms with E-state index in [9.17, 15) is 18.8 Å². The van der Waals surface area contributed by atoms with Crippen LogP contribution in [0.4, 0.5) is 26.0 Å². The van der Waals surface area contributed by atoms with Crippen molar-refractivity contribution in [2.45, 2.75) is 10.7 Å². The number of hydrogen-bond acceptors (Lipinski definition) is 6. The summed E-state index contributed by atoms with van der Waals surface area (Å²) in [7, 11) is 0. The Kier molecular flexibility index (Phi) is 7.05. The molecule has 1 N–H and O–H groups in total. The van der Waals surface area contributed by atoms with E-state index in [4.69, 9.17) is 0 Å². The normalized spacial score (nSPS) is 13.6. The molecule has 0 atom stereocenters. The number of aromatic nitrogens is 1. The maximum Gasteiger partial charge on any atom is 0.288 e. The Hall–Kier alpha value is -3.64. The summed E-state index contributed by atoms with van der Waals surface area (Å²) in [6.07, 6.45) is 1.66. The van der Waals surface area contributed by atoms with Gasteiger partial charge in [-0.05, 0) is 48.5 Å². The molecule has 0 spiro atoms. The summed E-state index contributed by atoms with van der Waals surface area (Å²) in [5.74, 6) is -1.92. The predicted molar refractivity (Wildman–Crippen MR) is 125 cm³/mol. The molecule has 1 fully saturated rings. The SMILES string of the molecule is N#Cc1cccnc1N1CCN(C(=O)c2ccccc2Nc2ccc(SC(F)F)cc2)CC1. The Morgan fingerprint density at radius 3 is 2.45 bits per heavy atom. The van der Waals surface area contributed by atoms with Crippen molar-refractivity contribution in [3.05, 3.63) is 78.0 Å². The number of piperazine rings is 1. The molecule has 0 unspecified atom stereocenters. The van der Waals surface area contributed by atoms with Gasteiger partial charge in [-0.3, -0.25) is 4.79 Å². The van der Waals surface area contributed by atoms with Gasteiger partial charge < -0.3 is 15.1 Å². The van der Waals surface area contributed by atoms with Crippen LogP contribution in [0.1, 0.15) is 15.9 Å². The molecule has 6 nitrogen and oxygen atoms in total. The van der Waals surface area contributed by atoms with Gasteiger partial charge in [-0.1, -0.05) is 23.9 Å². The van der Waals surface area contributed by atoms with Gasteiger partial charge in [0.15, 0.2) is 0 Å². The number of hydrogen-bond donors (Lipinski definition) is 1. The van der Waals surface area contributed by atoms with Crippen LogP contribution in [-0.4, -0.2) is 47.7 Å². The highest BCUT2D eigenvalue weighted by Crippen LogP contribution is 2.28. The van der Waals surface area contributed by atoms with Crippen molar-refractivity contribution in [1.29, 1.82) is 5.26 Å². The lowest BCUT2D eigenvalue weighted by Gasteiger charge is -2.36. The number of anilines is 3. The third-order valence-corrected chi connectivity index (χ3v) is 6.01. The fourth-order valence-electron chi connectivity index (χ4n) is 3.68. The molecule has 0 saturated carbocycles. The van der Waals surface area contributed by atoms with Crippen LogP contribution in [0.25, 0.3) is 0 Å². The maximum absolute atomic E-state index is 13.3. The summed E-state index contributed by atoms with van der Waals surface area (Å²) in [4.78, 5) is 21.9. The molecule has 2 aromatic carbocycles. The van der Waals surface area contributed by atoms with Gasteiger partial charge in [-0.25, -0.2) is 4.98 Å². The van der Waals surface area contributed by atoms with Gasteiger partial charge in [0.2, 0.25) is 0 Å². The first-order valence-corrected chi connectivity index (χ1v) is 11.2. The number of carbonyl (C=O) groups excluding carboxylic acids is 1. The van der Waals surface area contributed by atoms with Crippen LogP contribution in [0.15, 0.2) is 71.8 Å². The van der Waals surface area contributed by atoms with Crippen LogP contribution in [0.3, 0.4) is 0 Å². The summed E-state index contributed by atoms with van der Waals surface area (Å²) in [6.45, 7) is 2.18. The van der Waals surface area contributed by atoms with E-state index in [1.807, 2.05) is 23.1 Å². The van der Waals surface area contributed by atoms with Crippen molar-refractivity contribution in [3.63, 3.8) is 0 Å². The lowest BCUT2D eigenvalue weighted by molar-refractivity contribution is 0.0747. The van der Waals surface area contributed by atoms with Crippen LogP contribution in [0, 0.1) is 11.3 Å². The highest BCUT2D eigenvalue weighted by Gasteiger charge is 2.25. The van der Waals surface area contributed by atoms with Crippen molar-refractivity contribution in [3.8, 4) is 6.07 Å². The largest absolute Gasteiger partial charge is 0.355 e. The first-order chi connectivity index (χ1) is 16.0. The molecule has 0 radical (unpaired) electrons. The summed E-state index contributed by atoms with van der Waals surface area (Å²) in [5.41, 5.74) is 2.41. The molecule has 1 amide bonds. The van der Waals surface area contributed by atoms with E-state index >= 15 is 0 Å². The number of benzene rings is 2. The number of carbonyl (C=O) groups is 1. The number of thioether (sulfide) groups is 1. The highest BCUT2D eigenvalue weighted by atomic mass is 32.2. The van der Waals surface area contributed by atoms with Gasteiger partial charge >= 0.3 is 0 Å². The van der Waals surface area contributed by atoms with Crippen LogP contribution < -0.4 is 10.2 Å². The Balaban J connectivity index is 1.44. The summed E-state index contributed by atoms with van der Waals surface area (Å²) >= 11 is 0.493. The van der Waals surface area contributed by atoms with Crippen molar-refractivity contribution >= 4 is 34.9 Å². The number of alkyl halides is 2. The van der Waals surface area contributed by atoms with Crippen molar-refractivity contribution in [2.75, 3.05) is 36.4 Å². The van der Waals surface area contributed by atoms with Crippen LogP contribution >= 0.6 is 11.8 Å². The Morgan fingerprint density at radius 2 is 1.76 bits per heavy atom. The van der Waals surface area contributed by atoms with Crippen LogP contribution in [0.5, 0.6) is 0 Å². The Bertz CT molecular complexity index is 1160. The van der Waals surface area contributed by atoms with Gasteiger partial charge in [-0.2, -0.15) is 14.0 Å². The molecule has 4 rings (SSSR count). The minimum Gasteiger partial charge on any atom is -0.355 e. The molecule has 1 aliphatic rings. The topological polar surface area (TPSA) is 72.3 Å². The van der Waals surface area contributed by atoms with E-state index < -0.39 is 5.76 Å². The molecule has 33 heavy (non-hydrogen) atoms. The van der Waals surface area contributed by atoms with Gasteiger partial charge in [-0.15, -0.1) is 0 Å². The first-order valence-electron chi connectivity index (χ1n) is 10.4. The van der Waals surface area contributed by atoms with Gasteiger partial charge in [0.05, 0.1) is 16.8 Å². The van der Waals surface area contributed by atoms with E-state index in [1.54, 1.807) is 53.6 Å². The monoisotopic (exact) mass is 465 g/mol. The van der Waals surface area contributed by atoms with E-state index in [-0.39, 0.29) is 5.91 Å². The lowest BCUT2D eigenvalue weighted by atomic mass is 10.1. The predicted octanol–water partition coefficient (Wildman–Crippen LogP) is 4.97. The Morgan fingerprint density at radius 1 is 1.03 bits per heavy atom. The molecular weight excluding hydrogens is 444 g/mol. The van der Waals surface area contributed by atoms with Crippen LogP contribution in [0.2, 0.25) is 0 Å². The zero-order chi connectivity index (χ0) is 23.2. The smallest absolute Gasteiger partial charge is 0.288 e. The Labute approximate surface area is 194 Å². The molecule has 3 aromatic rings. The summed E-state index contributed by atoms with van der Waals surface area (Å²) < 4.78 is 25.1. The van der Waals surface area contributed by atoms with Gasteiger partial charge in [0, 0.05) is 43.0 Å². The van der Waals surface area contributed by atoms with E-state index in [0.717, 1.165) is 0 Å². The highest BCUT2D eigenvalue weighted by molar-refractivity contribution is 7.99. The second-order valence-corrected chi connectivity index (χ2v) is 8.40. The average molecular weight is 466 g/mol. The van der Waals surface area contributed by atoms with E-state index in [2.05, 4.69) is 16.4 Å². The summed E-state index contributed by atoms with van der Waals surface area (Å²) in [5, 5.41) is 12.5. The number of nitriles is 1. The second-order valence-electron chi connectivity index (χ2n) is 7.34. The van der Waals surface area contributed by atoms with Gasteiger partial charge in [0.1, 0.15) is 11.9 Å². The number of amides is 1. The molecule has 1 saturated heterocycles. The van der Waals surface area contributed by atoms with E-state index in [0.29, 0.717) is 71.2 Å². The minimum atomic E-state index is -2.47. The number of pyridine rings is 1. The quantitative estimate of drug-likeness (QED) is 0.518. The fraction of sp³-hybridized carbons (Fsp3) is 0.208. The van der Waals surface area contributed by atoms with Crippen molar-refractivity contribution < 1.29 is 13.6 Å². The number of nitrogens with one attached hydrogen (secondary N) is 1. The molecule has 168 valence electrons. The summed E-state index contributed by atoms with van der Waals surface area (Å²) in [6, 6.07) is 19.5. The second kappa shape index (κ2) is 10.3. The third kappa shape index (κ3) is 5.41. The zero-order valence-corrected chi connectivity index (χ0v) is 18.4. The van der Waals surface area contributed by atoms with Crippen molar-refractivity contribution in [2.24, 2.45) is 0 Å².